The van der Waals surface area contributed by atoms with Crippen LogP contribution < -0.4 is 5.11 Å². The first-order valence-electron chi connectivity index (χ1n) is 28.3. The highest BCUT2D eigenvalue weighted by Crippen LogP contribution is 2.17. The maximum atomic E-state index is 12.8. The van der Waals surface area contributed by atoms with Crippen LogP contribution in [0.15, 0.2) is 60.8 Å². The number of rotatable bonds is 51. The number of carbonyl (C=O) groups is 3. The zero-order chi connectivity index (χ0) is 49.9. The third-order valence-corrected chi connectivity index (χ3v) is 12.7. The molecule has 0 aromatic heterocycles. The van der Waals surface area contributed by atoms with Crippen molar-refractivity contribution in [1.29, 1.82) is 0 Å². The first kappa shape index (κ1) is 65.0. The topological polar surface area (TPSA) is 102 Å². The van der Waals surface area contributed by atoms with Crippen molar-refractivity contribution in [3.05, 3.63) is 60.8 Å². The molecule has 0 N–H and O–H groups in total. The second-order valence-corrected chi connectivity index (χ2v) is 20.2. The molecule has 0 heterocycles. The average molecular weight is 955 g/mol. The van der Waals surface area contributed by atoms with Gasteiger partial charge in [-0.3, -0.25) is 9.59 Å². The Kier molecular flexibility index (Phi) is 48.2. The Labute approximate surface area is 419 Å². The van der Waals surface area contributed by atoms with Crippen LogP contribution in [-0.4, -0.2) is 75.5 Å². The molecule has 0 rings (SSSR count). The highest BCUT2D eigenvalue weighted by Gasteiger charge is 2.25. The van der Waals surface area contributed by atoms with Crippen molar-refractivity contribution in [3.8, 4) is 0 Å². The Balaban J connectivity index is 4.24. The zero-order valence-electron chi connectivity index (χ0n) is 45.0. The van der Waals surface area contributed by atoms with Crippen molar-refractivity contribution in [2.45, 2.75) is 264 Å². The fourth-order valence-corrected chi connectivity index (χ4v) is 8.27. The fourth-order valence-electron chi connectivity index (χ4n) is 8.27. The molecule has 0 saturated heterocycles. The molecule has 8 heteroatoms. The summed E-state index contributed by atoms with van der Waals surface area (Å²) in [6.07, 6.45) is 64.1. The molecule has 68 heavy (non-hydrogen) atoms. The van der Waals surface area contributed by atoms with Gasteiger partial charge in [0.25, 0.3) is 0 Å². The van der Waals surface area contributed by atoms with E-state index in [1.165, 1.54) is 154 Å². The molecule has 0 aromatic rings. The van der Waals surface area contributed by atoms with Crippen molar-refractivity contribution in [3.63, 3.8) is 0 Å². The normalized spacial score (nSPS) is 13.2. The summed E-state index contributed by atoms with van der Waals surface area (Å²) in [7, 11) is 5.41. The van der Waals surface area contributed by atoms with Gasteiger partial charge in [0, 0.05) is 19.3 Å². The number of esters is 2. The van der Waals surface area contributed by atoms with Gasteiger partial charge in [-0.2, -0.15) is 0 Å². The number of carbonyl (C=O) groups excluding carboxylic acids is 3. The minimum atomic E-state index is -1.13. The Morgan fingerprint density at radius 3 is 1.18 bits per heavy atom. The number of hydrogen-bond acceptors (Lipinski definition) is 7. The summed E-state index contributed by atoms with van der Waals surface area (Å²) in [5.41, 5.74) is 0. The minimum Gasteiger partial charge on any atom is -0.544 e. The van der Waals surface area contributed by atoms with Crippen molar-refractivity contribution in [2.24, 2.45) is 0 Å². The number of ether oxygens (including phenoxy) is 3. The smallest absolute Gasteiger partial charge is 0.306 e. The number of allylic oxidation sites excluding steroid dienone is 10. The van der Waals surface area contributed by atoms with Gasteiger partial charge >= 0.3 is 11.9 Å². The van der Waals surface area contributed by atoms with Crippen LogP contribution in [0, 0.1) is 0 Å². The van der Waals surface area contributed by atoms with Gasteiger partial charge in [-0.15, -0.1) is 0 Å². The van der Waals surface area contributed by atoms with Crippen molar-refractivity contribution < 1.29 is 38.2 Å². The molecule has 0 aliphatic rings. The monoisotopic (exact) mass is 954 g/mol. The molecule has 0 radical (unpaired) electrons. The lowest BCUT2D eigenvalue weighted by molar-refractivity contribution is -0.889. The molecule has 8 nitrogen and oxygen atoms in total. The lowest BCUT2D eigenvalue weighted by atomic mass is 10.0. The summed E-state index contributed by atoms with van der Waals surface area (Å²) in [5, 5.41) is 11.7. The molecule has 0 amide bonds. The second kappa shape index (κ2) is 50.4. The van der Waals surface area contributed by atoms with E-state index in [0.29, 0.717) is 12.8 Å². The lowest BCUT2D eigenvalue weighted by Crippen LogP contribution is -2.55. The van der Waals surface area contributed by atoms with E-state index in [0.717, 1.165) is 57.8 Å². The molecule has 394 valence electrons. The number of nitrogens with zero attached hydrogens (tertiary/aromatic N) is 1. The molecule has 0 aromatic carbocycles. The molecule has 0 aliphatic carbocycles. The van der Waals surface area contributed by atoms with Crippen LogP contribution in [0.4, 0.5) is 0 Å². The van der Waals surface area contributed by atoms with E-state index in [1.807, 2.05) is 0 Å². The lowest BCUT2D eigenvalue weighted by Gasteiger charge is -2.34. The Morgan fingerprint density at radius 1 is 0.441 bits per heavy atom. The number of unbranched alkanes of at least 4 members (excludes halogenated alkanes) is 27. The van der Waals surface area contributed by atoms with Crippen LogP contribution in [-0.2, 0) is 28.6 Å². The van der Waals surface area contributed by atoms with E-state index < -0.39 is 18.1 Å². The van der Waals surface area contributed by atoms with Gasteiger partial charge in [0.15, 0.2) is 6.10 Å². The average Bonchev–Trinajstić information content (AvgIpc) is 3.30. The SMILES string of the molecule is CCCCC/C=C/C/C=C/C/C=C/C/C=C/C/C=C/CCCCC(=O)OC(COCCC(C(=O)[O-])[N+](C)(C)C)COC(=O)CCCCCCCCCCCCCCCCCCCCCCCCC. The Bertz CT molecular complexity index is 1290. The first-order chi connectivity index (χ1) is 33.1. The standard InChI is InChI=1S/C60H107NO7/c1-6-8-10-12-14-16-18-20-22-24-26-28-29-31-32-34-36-38-40-42-44-46-48-50-58(62)67-55-56(54-66-53-52-57(60(64)65)61(3,4)5)68-59(63)51-49-47-45-43-41-39-37-35-33-30-27-25-23-21-19-17-15-13-11-9-7-2/h15,17,21,23,27,30,35,37,41,43,56-57H,6-14,16,18-20,22,24-26,28-29,31-34,36,38-40,42,44-55H2,1-5H3/b17-15+,23-21+,30-27+,37-35+,43-41+. The number of quaternary nitrogens is 1. The van der Waals surface area contributed by atoms with E-state index >= 15 is 0 Å². The molecule has 0 spiro atoms. The predicted molar refractivity (Wildman–Crippen MR) is 286 cm³/mol. The van der Waals surface area contributed by atoms with Crippen LogP contribution >= 0.6 is 0 Å². The third-order valence-electron chi connectivity index (χ3n) is 12.7. The van der Waals surface area contributed by atoms with Crippen LogP contribution in [0.3, 0.4) is 0 Å². The number of aliphatic carboxylic acids is 1. The van der Waals surface area contributed by atoms with Crippen molar-refractivity contribution in [1.82, 2.24) is 0 Å². The van der Waals surface area contributed by atoms with Gasteiger partial charge in [0.05, 0.1) is 40.3 Å². The van der Waals surface area contributed by atoms with Gasteiger partial charge < -0.3 is 28.6 Å². The number of likely N-dealkylation sites (N-methyl/N-ethyl adjacent to an activating group) is 1. The number of hydrogen-bond donors (Lipinski definition) is 0. The Hall–Kier alpha value is -2.97. The quantitative estimate of drug-likeness (QED) is 0.0259. The van der Waals surface area contributed by atoms with Crippen LogP contribution in [0.1, 0.15) is 251 Å². The molecule has 0 fully saturated rings. The van der Waals surface area contributed by atoms with Crippen molar-refractivity contribution in [2.75, 3.05) is 41.0 Å². The van der Waals surface area contributed by atoms with E-state index in [9.17, 15) is 19.5 Å². The largest absolute Gasteiger partial charge is 0.544 e. The fraction of sp³-hybridized carbons (Fsp3) is 0.783. The molecular formula is C60H107NO7. The van der Waals surface area contributed by atoms with Gasteiger partial charge in [0.2, 0.25) is 0 Å². The highest BCUT2D eigenvalue weighted by atomic mass is 16.6. The van der Waals surface area contributed by atoms with Crippen LogP contribution in [0.2, 0.25) is 0 Å². The number of carboxylic acids is 1. The van der Waals surface area contributed by atoms with Crippen molar-refractivity contribution >= 4 is 17.9 Å². The van der Waals surface area contributed by atoms with Gasteiger partial charge in [-0.1, -0.05) is 229 Å². The Morgan fingerprint density at radius 2 is 0.779 bits per heavy atom. The van der Waals surface area contributed by atoms with E-state index in [2.05, 4.69) is 74.6 Å². The summed E-state index contributed by atoms with van der Waals surface area (Å²) >= 11 is 0. The molecule has 2 unspecified atom stereocenters. The second-order valence-electron chi connectivity index (χ2n) is 20.2. The van der Waals surface area contributed by atoms with E-state index in [1.54, 1.807) is 21.1 Å². The summed E-state index contributed by atoms with van der Waals surface area (Å²) in [6, 6.07) is -0.736. The van der Waals surface area contributed by atoms with Crippen LogP contribution in [0.25, 0.3) is 0 Å². The number of carboxylic acid groups (broad SMARTS) is 1. The molecule has 0 saturated carbocycles. The van der Waals surface area contributed by atoms with E-state index in [4.69, 9.17) is 14.2 Å². The maximum absolute atomic E-state index is 12.8. The van der Waals surface area contributed by atoms with Gasteiger partial charge in [0.1, 0.15) is 12.6 Å². The molecular weight excluding hydrogens is 847 g/mol. The summed E-state index contributed by atoms with van der Waals surface area (Å²) in [4.78, 5) is 37.1. The molecule has 0 aliphatic heterocycles. The molecule has 0 bridgehead atoms. The first-order valence-corrected chi connectivity index (χ1v) is 28.3. The summed E-state index contributed by atoms with van der Waals surface area (Å²) in [6.45, 7) is 4.62. The van der Waals surface area contributed by atoms with Gasteiger partial charge in [-0.05, 0) is 64.2 Å². The zero-order valence-corrected chi connectivity index (χ0v) is 45.0. The predicted octanol–water partition coefficient (Wildman–Crippen LogP) is 15.5. The van der Waals surface area contributed by atoms with E-state index in [-0.39, 0.29) is 49.1 Å². The minimum absolute atomic E-state index is 0.0234. The van der Waals surface area contributed by atoms with Gasteiger partial charge in [-0.25, -0.2) is 0 Å². The summed E-state index contributed by atoms with van der Waals surface area (Å²) in [5.74, 6) is -1.78. The third kappa shape index (κ3) is 48.1. The highest BCUT2D eigenvalue weighted by molar-refractivity contribution is 5.70. The molecule has 2 atom stereocenters. The van der Waals surface area contributed by atoms with Crippen LogP contribution in [0.5, 0.6) is 0 Å². The maximum Gasteiger partial charge on any atom is 0.306 e. The summed E-state index contributed by atoms with van der Waals surface area (Å²) < 4.78 is 17.2.